The lowest BCUT2D eigenvalue weighted by molar-refractivity contribution is -0.921. The molecule has 0 spiro atoms. The Kier molecular flexibility index (Phi) is 19.7. The molecule has 26 heavy (non-hydrogen) atoms. The van der Waals surface area contributed by atoms with Crippen molar-refractivity contribution in [3.05, 3.63) is 0 Å². The van der Waals surface area contributed by atoms with Gasteiger partial charge in [0.25, 0.3) is 0 Å². The smallest absolute Gasteiger partial charge is 0.0757 e. The van der Waals surface area contributed by atoms with Gasteiger partial charge in [0.15, 0.2) is 0 Å². The van der Waals surface area contributed by atoms with Gasteiger partial charge in [0.2, 0.25) is 0 Å². The molecule has 0 amide bonds. The van der Waals surface area contributed by atoms with E-state index in [1.54, 1.807) is 0 Å². The van der Waals surface area contributed by atoms with Gasteiger partial charge in [-0.2, -0.15) is 0 Å². The van der Waals surface area contributed by atoms with E-state index in [0.717, 1.165) is 0 Å². The largest absolute Gasteiger partial charge is 0.550 e. The second-order valence-corrected chi connectivity index (χ2v) is 6.46. The van der Waals surface area contributed by atoms with Crippen molar-refractivity contribution in [3.63, 3.8) is 0 Å². The summed E-state index contributed by atoms with van der Waals surface area (Å²) < 4.78 is 2.56. The van der Waals surface area contributed by atoms with Crippen molar-refractivity contribution in [3.8, 4) is 0 Å². The zero-order chi connectivity index (χ0) is 21.2. The Bertz CT molecular complexity index is 283. The third-order valence-electron chi connectivity index (χ3n) is 5.90. The fraction of sp³-hybridized carbons (Fsp3) is 0.900. The summed E-state index contributed by atoms with van der Waals surface area (Å²) in [5.41, 5.74) is 0. The Morgan fingerprint density at radius 1 is 0.500 bits per heavy atom. The fourth-order valence-corrected chi connectivity index (χ4v) is 2.89. The van der Waals surface area contributed by atoms with E-state index in [0.29, 0.717) is 0 Å². The van der Waals surface area contributed by atoms with Crippen LogP contribution in [0, 0.1) is 0 Å². The normalized spacial score (nSPS) is 10.9. The lowest BCUT2D eigenvalue weighted by Crippen LogP contribution is -2.47. The average molecular weight is 377 g/mol. The highest BCUT2D eigenvalue weighted by atomic mass is 16.4. The summed E-state index contributed by atoms with van der Waals surface area (Å²) in [7, 11) is 0. The van der Waals surface area contributed by atoms with Gasteiger partial charge < -0.3 is 28.8 Å². The van der Waals surface area contributed by atoms with Crippen molar-refractivity contribution in [2.24, 2.45) is 0 Å². The summed E-state index contributed by atoms with van der Waals surface area (Å²) >= 11 is 0. The highest BCUT2D eigenvalue weighted by Crippen LogP contribution is 2.03. The van der Waals surface area contributed by atoms with Gasteiger partial charge in [-0.3, -0.25) is 0 Å². The van der Waals surface area contributed by atoms with Crippen LogP contribution in [0.5, 0.6) is 0 Å². The Balaban J connectivity index is -0.000000306. The molecule has 0 N–H and O–H groups in total. The first kappa shape index (κ1) is 29.6. The van der Waals surface area contributed by atoms with E-state index in [1.165, 1.54) is 61.3 Å². The van der Waals surface area contributed by atoms with Crippen LogP contribution >= 0.6 is 0 Å². The molecule has 0 bridgehead atoms. The van der Waals surface area contributed by atoms with Gasteiger partial charge in [-0.15, -0.1) is 0 Å². The minimum absolute atomic E-state index is 0.470. The van der Waals surface area contributed by atoms with Crippen LogP contribution in [0.25, 0.3) is 0 Å². The van der Waals surface area contributed by atoms with Crippen molar-refractivity contribution < 1.29 is 28.8 Å². The number of aliphatic carboxylic acids is 2. The van der Waals surface area contributed by atoms with E-state index in [-0.39, 0.29) is 0 Å². The second kappa shape index (κ2) is 17.3. The number of rotatable bonds is 11. The van der Waals surface area contributed by atoms with Crippen LogP contribution in [-0.2, 0) is 9.59 Å². The molecule has 0 saturated carbocycles. The van der Waals surface area contributed by atoms with Gasteiger partial charge >= 0.3 is 0 Å². The Morgan fingerprint density at radius 3 is 0.692 bits per heavy atom. The van der Waals surface area contributed by atoms with Gasteiger partial charge in [0.1, 0.15) is 0 Å². The monoisotopic (exact) mass is 376 g/mol. The standard InChI is InChI=1S/2C8H20N.C4H6O4/c2*1-5-9(6-2,7-3)8-4;5-3(6)1-2-4(7)8/h2*5-8H2,1-4H3;1-2H2,(H,5,6)(H,7,8)/q2*+1;/p-2. The molecule has 0 aliphatic rings. The molecular formula is C20H44N2O4. The zero-order valence-electron chi connectivity index (χ0n) is 18.6. The molecule has 6 nitrogen and oxygen atoms in total. The SMILES string of the molecule is CC[N+](CC)(CC)CC.CC[N+](CC)(CC)CC.O=C([O-])CCC(=O)[O-]. The first-order valence-electron chi connectivity index (χ1n) is 10.2. The number of quaternary nitrogens is 2. The lowest BCUT2D eigenvalue weighted by atomic mass is 10.3. The fourth-order valence-electron chi connectivity index (χ4n) is 2.89. The Morgan fingerprint density at radius 2 is 0.654 bits per heavy atom. The maximum Gasteiger partial charge on any atom is 0.0757 e. The maximum absolute atomic E-state index is 9.50. The highest BCUT2D eigenvalue weighted by molar-refractivity contribution is 5.72. The van der Waals surface area contributed by atoms with E-state index in [2.05, 4.69) is 55.4 Å². The summed E-state index contributed by atoms with van der Waals surface area (Å²) in [4.78, 5) is 19.0. The quantitative estimate of drug-likeness (QED) is 0.505. The molecule has 0 saturated heterocycles. The lowest BCUT2D eigenvalue weighted by Gasteiger charge is -2.34. The van der Waals surface area contributed by atoms with Gasteiger partial charge in [0.05, 0.1) is 52.4 Å². The van der Waals surface area contributed by atoms with E-state index >= 15 is 0 Å². The molecule has 0 rings (SSSR count). The van der Waals surface area contributed by atoms with Gasteiger partial charge in [-0.1, -0.05) is 0 Å². The predicted molar refractivity (Wildman–Crippen MR) is 104 cm³/mol. The Labute approximate surface area is 162 Å². The van der Waals surface area contributed by atoms with Crippen LogP contribution in [0.1, 0.15) is 68.2 Å². The van der Waals surface area contributed by atoms with E-state index in [9.17, 15) is 19.8 Å². The van der Waals surface area contributed by atoms with Gasteiger partial charge in [0, 0.05) is 11.9 Å². The number of carbonyl (C=O) groups is 2. The van der Waals surface area contributed by atoms with Gasteiger partial charge in [-0.25, -0.2) is 0 Å². The maximum atomic E-state index is 9.50. The summed E-state index contributed by atoms with van der Waals surface area (Å²) in [6, 6.07) is 0. The minimum atomic E-state index is -1.37. The van der Waals surface area contributed by atoms with Crippen molar-refractivity contribution in [1.29, 1.82) is 0 Å². The number of nitrogens with zero attached hydrogens (tertiary/aromatic N) is 2. The van der Waals surface area contributed by atoms with Crippen LogP contribution in [-0.4, -0.2) is 73.3 Å². The van der Waals surface area contributed by atoms with Crippen LogP contribution in [0.2, 0.25) is 0 Å². The van der Waals surface area contributed by atoms with E-state index < -0.39 is 24.8 Å². The second-order valence-electron chi connectivity index (χ2n) is 6.46. The first-order chi connectivity index (χ1) is 12.1. The third-order valence-corrected chi connectivity index (χ3v) is 5.90. The topological polar surface area (TPSA) is 80.3 Å². The van der Waals surface area contributed by atoms with Gasteiger partial charge in [-0.05, 0) is 68.2 Å². The third kappa shape index (κ3) is 14.1. The first-order valence-corrected chi connectivity index (χ1v) is 10.2. The van der Waals surface area contributed by atoms with Crippen LogP contribution < -0.4 is 10.2 Å². The molecule has 6 heteroatoms. The molecule has 0 aromatic rings. The predicted octanol–water partition coefficient (Wildman–Crippen LogP) is 1.03. The number of carbonyl (C=O) groups excluding carboxylic acids is 2. The molecule has 0 radical (unpaired) electrons. The molecule has 0 aliphatic heterocycles. The summed E-state index contributed by atoms with van der Waals surface area (Å²) in [5, 5.41) is 19.0. The van der Waals surface area contributed by atoms with E-state index in [4.69, 9.17) is 0 Å². The molecule has 0 aliphatic carbocycles. The van der Waals surface area contributed by atoms with Crippen molar-refractivity contribution in [1.82, 2.24) is 0 Å². The van der Waals surface area contributed by atoms with E-state index in [1.807, 2.05) is 0 Å². The van der Waals surface area contributed by atoms with Crippen LogP contribution in [0.4, 0.5) is 0 Å². The number of carboxylic acids is 2. The van der Waals surface area contributed by atoms with Crippen molar-refractivity contribution in [2.45, 2.75) is 68.2 Å². The summed E-state index contributed by atoms with van der Waals surface area (Å²) in [6.45, 7) is 28.4. The Hall–Kier alpha value is -1.14. The van der Waals surface area contributed by atoms with Crippen molar-refractivity contribution in [2.75, 3.05) is 52.4 Å². The molecule has 0 atom stereocenters. The molecule has 0 fully saturated rings. The molecule has 0 unspecified atom stereocenters. The highest BCUT2D eigenvalue weighted by Gasteiger charge is 2.16. The minimum Gasteiger partial charge on any atom is -0.550 e. The molecule has 0 heterocycles. The average Bonchev–Trinajstić information content (AvgIpc) is 2.66. The molecule has 158 valence electrons. The summed E-state index contributed by atoms with van der Waals surface area (Å²) in [6.07, 6.45) is -0.940. The summed E-state index contributed by atoms with van der Waals surface area (Å²) in [5.74, 6) is -2.73. The number of carboxylic acid groups (broad SMARTS) is 2. The van der Waals surface area contributed by atoms with Crippen molar-refractivity contribution >= 4 is 11.9 Å². The number of hydrogen-bond acceptors (Lipinski definition) is 4. The zero-order valence-corrected chi connectivity index (χ0v) is 18.6. The number of hydrogen-bond donors (Lipinski definition) is 0. The molecule has 0 aromatic carbocycles. The molecular weight excluding hydrogens is 332 g/mol. The van der Waals surface area contributed by atoms with Crippen LogP contribution in [0.3, 0.4) is 0 Å². The molecule has 0 aromatic heterocycles. The van der Waals surface area contributed by atoms with Crippen LogP contribution in [0.15, 0.2) is 0 Å².